The minimum Gasteiger partial charge on any atom is -0.368 e. The lowest BCUT2D eigenvalue weighted by molar-refractivity contribution is -0.137. The van der Waals surface area contributed by atoms with E-state index in [1.54, 1.807) is 0 Å². The minimum atomic E-state index is -4.44. The summed E-state index contributed by atoms with van der Waals surface area (Å²) in [5.41, 5.74) is 4.83. The molecule has 1 unspecified atom stereocenters. The molecule has 0 aliphatic heterocycles. The van der Waals surface area contributed by atoms with Crippen molar-refractivity contribution in [2.75, 3.05) is 11.9 Å². The van der Waals surface area contributed by atoms with Gasteiger partial charge in [-0.2, -0.15) is 13.2 Å². The van der Waals surface area contributed by atoms with Gasteiger partial charge in [0.05, 0.1) is 5.56 Å². The van der Waals surface area contributed by atoms with Gasteiger partial charge >= 0.3 is 6.18 Å². The molecule has 7 heteroatoms. The lowest BCUT2D eigenvalue weighted by Gasteiger charge is -2.15. The summed E-state index contributed by atoms with van der Waals surface area (Å²) in [7, 11) is 0. The molecule has 0 aromatic carbocycles. The fourth-order valence-corrected chi connectivity index (χ4v) is 1.50. The van der Waals surface area contributed by atoms with Crippen molar-refractivity contribution in [3.8, 4) is 0 Å². The number of nitrogens with zero attached hydrogens (tertiary/aromatic N) is 1. The van der Waals surface area contributed by atoms with E-state index in [0.29, 0.717) is 6.42 Å². The smallest absolute Gasteiger partial charge is 0.368 e. The van der Waals surface area contributed by atoms with Crippen molar-refractivity contribution in [1.82, 2.24) is 4.98 Å². The Morgan fingerprint density at radius 3 is 2.71 bits per heavy atom. The predicted octanol–water partition coefficient (Wildman–Crippen LogP) is 3.01. The average molecular weight is 312 g/mol. The van der Waals surface area contributed by atoms with Crippen LogP contribution < -0.4 is 11.1 Å². The fourth-order valence-electron chi connectivity index (χ4n) is 1.17. The third kappa shape index (κ3) is 4.16. The number of anilines is 1. The zero-order chi connectivity index (χ0) is 13.1. The Balaban J connectivity index is 2.91. The van der Waals surface area contributed by atoms with Crippen LogP contribution in [-0.4, -0.2) is 17.6 Å². The Bertz CT molecular complexity index is 382. The van der Waals surface area contributed by atoms with E-state index in [1.165, 1.54) is 6.20 Å². The lowest BCUT2D eigenvalue weighted by atomic mass is 10.2. The molecule has 0 saturated carbocycles. The molecular formula is C10H13BrF3N3. The summed E-state index contributed by atoms with van der Waals surface area (Å²) in [5.74, 6) is -0.190. The monoisotopic (exact) mass is 311 g/mol. The van der Waals surface area contributed by atoms with Crippen LogP contribution in [0.2, 0.25) is 0 Å². The highest BCUT2D eigenvalue weighted by atomic mass is 79.9. The highest BCUT2D eigenvalue weighted by Crippen LogP contribution is 2.35. The second kappa shape index (κ2) is 5.68. The van der Waals surface area contributed by atoms with Crippen molar-refractivity contribution in [3.63, 3.8) is 0 Å². The third-order valence-corrected chi connectivity index (χ3v) is 2.65. The molecule has 3 N–H and O–H groups in total. The number of nitrogens with one attached hydrogen (secondary N) is 1. The van der Waals surface area contributed by atoms with Gasteiger partial charge in [-0.05, 0) is 28.4 Å². The molecule has 0 spiro atoms. The van der Waals surface area contributed by atoms with Crippen molar-refractivity contribution in [2.24, 2.45) is 5.73 Å². The van der Waals surface area contributed by atoms with Gasteiger partial charge in [-0.3, -0.25) is 0 Å². The van der Waals surface area contributed by atoms with Crippen LogP contribution in [0, 0.1) is 0 Å². The Labute approximate surface area is 106 Å². The molecule has 1 atom stereocenters. The first kappa shape index (κ1) is 14.2. The lowest BCUT2D eigenvalue weighted by Crippen LogP contribution is -2.29. The number of hydrogen-bond donors (Lipinski definition) is 2. The Morgan fingerprint density at radius 1 is 1.53 bits per heavy atom. The highest BCUT2D eigenvalue weighted by Gasteiger charge is 2.34. The Kier molecular flexibility index (Phi) is 4.76. The van der Waals surface area contributed by atoms with Gasteiger partial charge in [0.25, 0.3) is 0 Å². The minimum absolute atomic E-state index is 0.190. The second-order valence-electron chi connectivity index (χ2n) is 3.60. The summed E-state index contributed by atoms with van der Waals surface area (Å²) in [6, 6.07) is 0.800. The van der Waals surface area contributed by atoms with E-state index in [-0.39, 0.29) is 22.9 Å². The van der Waals surface area contributed by atoms with Crippen LogP contribution in [0.5, 0.6) is 0 Å². The molecule has 1 aromatic rings. The first-order valence-corrected chi connectivity index (χ1v) is 5.86. The van der Waals surface area contributed by atoms with Crippen molar-refractivity contribution in [1.29, 1.82) is 0 Å². The summed E-state index contributed by atoms with van der Waals surface area (Å²) >= 11 is 2.97. The van der Waals surface area contributed by atoms with Crippen molar-refractivity contribution in [3.05, 3.63) is 22.3 Å². The van der Waals surface area contributed by atoms with Gasteiger partial charge in [-0.15, -0.1) is 0 Å². The molecule has 0 radical (unpaired) electrons. The predicted molar refractivity (Wildman–Crippen MR) is 63.7 cm³/mol. The van der Waals surface area contributed by atoms with Crippen LogP contribution in [0.15, 0.2) is 16.7 Å². The highest BCUT2D eigenvalue weighted by molar-refractivity contribution is 9.10. The molecular weight excluding hydrogens is 299 g/mol. The fraction of sp³-hybridized carbons (Fsp3) is 0.500. The van der Waals surface area contributed by atoms with Crippen molar-refractivity contribution >= 4 is 21.7 Å². The molecule has 96 valence electrons. The standard InChI is InChI=1S/C10H13BrF3N3/c1-2-7(15)5-17-9-8(10(12,13)14)3-6(11)4-16-9/h3-4,7H,2,5,15H2,1H3,(H,16,17). The van der Waals surface area contributed by atoms with Gasteiger partial charge in [0.1, 0.15) is 5.82 Å². The third-order valence-electron chi connectivity index (χ3n) is 2.22. The van der Waals surface area contributed by atoms with Gasteiger partial charge in [0.2, 0.25) is 0 Å². The number of aromatic nitrogens is 1. The maximum Gasteiger partial charge on any atom is 0.419 e. The molecule has 0 fully saturated rings. The zero-order valence-corrected chi connectivity index (χ0v) is 10.8. The van der Waals surface area contributed by atoms with Crippen LogP contribution in [-0.2, 0) is 6.18 Å². The molecule has 1 rings (SSSR count). The second-order valence-corrected chi connectivity index (χ2v) is 4.51. The zero-order valence-electron chi connectivity index (χ0n) is 9.18. The molecule has 0 bridgehead atoms. The largest absolute Gasteiger partial charge is 0.419 e. The van der Waals surface area contributed by atoms with Gasteiger partial charge in [0.15, 0.2) is 0 Å². The molecule has 0 aliphatic rings. The van der Waals surface area contributed by atoms with E-state index < -0.39 is 11.7 Å². The van der Waals surface area contributed by atoms with E-state index in [9.17, 15) is 13.2 Å². The Hall–Kier alpha value is -0.820. The topological polar surface area (TPSA) is 50.9 Å². The van der Waals surface area contributed by atoms with Crippen LogP contribution >= 0.6 is 15.9 Å². The maximum atomic E-state index is 12.7. The van der Waals surface area contributed by atoms with Crippen LogP contribution in [0.4, 0.5) is 19.0 Å². The quantitative estimate of drug-likeness (QED) is 0.898. The molecule has 17 heavy (non-hydrogen) atoms. The first-order chi connectivity index (χ1) is 7.84. The van der Waals surface area contributed by atoms with Gasteiger partial charge in [-0.25, -0.2) is 4.98 Å². The molecule has 1 aromatic heterocycles. The van der Waals surface area contributed by atoms with E-state index in [2.05, 4.69) is 26.2 Å². The molecule has 1 heterocycles. The van der Waals surface area contributed by atoms with Crippen LogP contribution in [0.1, 0.15) is 18.9 Å². The number of halogens is 4. The number of rotatable bonds is 4. The van der Waals surface area contributed by atoms with E-state index in [4.69, 9.17) is 5.73 Å². The summed E-state index contributed by atoms with van der Waals surface area (Å²) in [5, 5.41) is 2.62. The number of pyridine rings is 1. The SMILES string of the molecule is CCC(N)CNc1ncc(Br)cc1C(F)(F)F. The van der Waals surface area contributed by atoms with Crippen LogP contribution in [0.25, 0.3) is 0 Å². The Morgan fingerprint density at radius 2 is 2.18 bits per heavy atom. The van der Waals surface area contributed by atoms with Gasteiger partial charge < -0.3 is 11.1 Å². The van der Waals surface area contributed by atoms with E-state index in [1.807, 2.05) is 6.92 Å². The van der Waals surface area contributed by atoms with E-state index in [0.717, 1.165) is 6.07 Å². The molecule has 0 saturated heterocycles. The average Bonchev–Trinajstić information content (AvgIpc) is 2.25. The maximum absolute atomic E-state index is 12.7. The van der Waals surface area contributed by atoms with E-state index >= 15 is 0 Å². The molecule has 3 nitrogen and oxygen atoms in total. The number of alkyl halides is 3. The number of hydrogen-bond acceptors (Lipinski definition) is 3. The number of nitrogens with two attached hydrogens (primary N) is 1. The first-order valence-electron chi connectivity index (χ1n) is 5.06. The molecule has 0 amide bonds. The van der Waals surface area contributed by atoms with Crippen LogP contribution in [0.3, 0.4) is 0 Å². The summed E-state index contributed by atoms with van der Waals surface area (Å²) in [6.45, 7) is 2.13. The van der Waals surface area contributed by atoms with Crippen molar-refractivity contribution in [2.45, 2.75) is 25.6 Å². The van der Waals surface area contributed by atoms with Crippen molar-refractivity contribution < 1.29 is 13.2 Å². The van der Waals surface area contributed by atoms with Gasteiger partial charge in [-0.1, -0.05) is 6.92 Å². The molecule has 0 aliphatic carbocycles. The summed E-state index contributed by atoms with van der Waals surface area (Å²) in [6.07, 6.45) is -2.44. The summed E-state index contributed by atoms with van der Waals surface area (Å²) in [4.78, 5) is 3.72. The normalized spacial score (nSPS) is 13.5. The van der Waals surface area contributed by atoms with Gasteiger partial charge in [0, 0.05) is 23.3 Å². The summed E-state index contributed by atoms with van der Waals surface area (Å²) < 4.78 is 38.4.